The molecule has 1 atom stereocenters. The molecular weight excluding hydrogens is 372 g/mol. The Balaban J connectivity index is 4.13. The van der Waals surface area contributed by atoms with Crippen LogP contribution in [0.2, 0.25) is 51.9 Å². The van der Waals surface area contributed by atoms with E-state index < -0.39 is 31.3 Å². The Kier molecular flexibility index (Phi) is 12.2. The van der Waals surface area contributed by atoms with Crippen molar-refractivity contribution in [2.45, 2.75) is 64.4 Å². The molecular formula is C16H40O6Si3. The van der Waals surface area contributed by atoms with Gasteiger partial charge in [0.25, 0.3) is 0 Å². The fourth-order valence-electron chi connectivity index (χ4n) is 2.54. The summed E-state index contributed by atoms with van der Waals surface area (Å²) in [5, 5.41) is 9.79. The summed E-state index contributed by atoms with van der Waals surface area (Å²) in [5.41, 5.74) is 0. The second-order valence-electron chi connectivity index (χ2n) is 8.46. The predicted molar refractivity (Wildman–Crippen MR) is 109 cm³/mol. The lowest BCUT2D eigenvalue weighted by molar-refractivity contribution is -0.0281. The van der Waals surface area contributed by atoms with E-state index in [0.717, 1.165) is 12.5 Å². The number of ether oxygens (including phenoxy) is 3. The zero-order valence-electron chi connectivity index (χ0n) is 17.5. The van der Waals surface area contributed by atoms with Crippen LogP contribution in [0.15, 0.2) is 0 Å². The molecule has 0 aliphatic rings. The summed E-state index contributed by atoms with van der Waals surface area (Å²) in [7, 11) is -3.86. The van der Waals surface area contributed by atoms with Gasteiger partial charge in [0.05, 0.1) is 26.4 Å². The van der Waals surface area contributed by atoms with E-state index in [-0.39, 0.29) is 13.2 Å². The van der Waals surface area contributed by atoms with Crippen LogP contribution in [0.4, 0.5) is 0 Å². The molecule has 0 radical (unpaired) electrons. The van der Waals surface area contributed by atoms with E-state index in [0.29, 0.717) is 19.8 Å². The van der Waals surface area contributed by atoms with Gasteiger partial charge in [0.2, 0.25) is 0 Å². The van der Waals surface area contributed by atoms with Crippen LogP contribution < -0.4 is 0 Å². The quantitative estimate of drug-likeness (QED) is 0.329. The number of rotatable bonds is 15. The Morgan fingerprint density at radius 2 is 1.24 bits per heavy atom. The van der Waals surface area contributed by atoms with Gasteiger partial charge in [-0.1, -0.05) is 0 Å². The monoisotopic (exact) mass is 412 g/mol. The zero-order chi connectivity index (χ0) is 19.6. The van der Waals surface area contributed by atoms with Crippen LogP contribution >= 0.6 is 0 Å². The van der Waals surface area contributed by atoms with Crippen LogP contribution in [0.1, 0.15) is 6.42 Å². The van der Waals surface area contributed by atoms with Crippen LogP contribution in [0.25, 0.3) is 0 Å². The maximum atomic E-state index is 9.79. The van der Waals surface area contributed by atoms with Crippen molar-refractivity contribution in [3.8, 4) is 0 Å². The molecule has 0 aromatic heterocycles. The first-order chi connectivity index (χ1) is 11.4. The van der Waals surface area contributed by atoms with Gasteiger partial charge in [0.1, 0.15) is 6.10 Å². The van der Waals surface area contributed by atoms with Crippen molar-refractivity contribution in [2.75, 3.05) is 40.1 Å². The highest BCUT2D eigenvalue weighted by atomic mass is 28.5. The molecule has 0 aromatic rings. The molecule has 6 nitrogen and oxygen atoms in total. The van der Waals surface area contributed by atoms with Crippen molar-refractivity contribution in [2.24, 2.45) is 0 Å². The molecule has 0 amide bonds. The maximum absolute atomic E-state index is 9.79. The molecule has 0 fully saturated rings. The van der Waals surface area contributed by atoms with Gasteiger partial charge in [-0.15, -0.1) is 0 Å². The molecule has 0 bridgehead atoms. The molecule has 152 valence electrons. The number of methoxy groups -OCH3 is 1. The second-order valence-corrected chi connectivity index (χ2v) is 21.3. The average Bonchev–Trinajstić information content (AvgIpc) is 2.38. The summed E-state index contributed by atoms with van der Waals surface area (Å²) in [4.78, 5) is 0. The number of aliphatic hydroxyl groups is 1. The highest BCUT2D eigenvalue weighted by Crippen LogP contribution is 2.25. The van der Waals surface area contributed by atoms with E-state index in [2.05, 4.69) is 45.8 Å². The summed E-state index contributed by atoms with van der Waals surface area (Å²) < 4.78 is 28.7. The van der Waals surface area contributed by atoms with Crippen molar-refractivity contribution < 1.29 is 27.5 Å². The largest absolute Gasteiger partial charge is 0.437 e. The van der Waals surface area contributed by atoms with Gasteiger partial charge in [-0.3, -0.25) is 0 Å². The minimum absolute atomic E-state index is 0.271. The molecule has 0 aliphatic heterocycles. The van der Waals surface area contributed by atoms with Gasteiger partial charge in [0, 0.05) is 13.7 Å². The molecule has 0 saturated carbocycles. The van der Waals surface area contributed by atoms with E-state index in [1.54, 1.807) is 7.11 Å². The molecule has 0 heterocycles. The zero-order valence-corrected chi connectivity index (χ0v) is 20.5. The Bertz CT molecular complexity index is 328. The summed E-state index contributed by atoms with van der Waals surface area (Å²) in [5.74, 6) is 0. The van der Waals surface area contributed by atoms with E-state index in [4.69, 9.17) is 22.4 Å². The van der Waals surface area contributed by atoms with Crippen LogP contribution in [0, 0.1) is 0 Å². The van der Waals surface area contributed by atoms with Gasteiger partial charge in [0.15, 0.2) is 16.6 Å². The average molecular weight is 413 g/mol. The Morgan fingerprint density at radius 3 is 1.68 bits per heavy atom. The van der Waals surface area contributed by atoms with E-state index in [1.807, 2.05) is 0 Å². The van der Waals surface area contributed by atoms with Gasteiger partial charge in [-0.2, -0.15) is 0 Å². The molecule has 0 aliphatic carbocycles. The van der Waals surface area contributed by atoms with Gasteiger partial charge in [-0.05, 0) is 58.3 Å². The number of aliphatic hydroxyl groups excluding tert-OH is 1. The molecule has 9 heteroatoms. The standard InChI is InChI=1S/C16H40O6Si3/c1-18-11-12-20-15-16(17)14-19-10-9-13-25(8,21-23(2,3)4)22-24(5,6)7/h16-17H,9-15H2,1-8H3. The summed E-state index contributed by atoms with van der Waals surface area (Å²) in [6.07, 6.45) is 0.284. The minimum Gasteiger partial charge on any atom is -0.437 e. The normalized spacial score (nSPS) is 14.8. The first-order valence-electron chi connectivity index (χ1n) is 9.10. The Morgan fingerprint density at radius 1 is 0.760 bits per heavy atom. The van der Waals surface area contributed by atoms with Crippen LogP contribution in [-0.4, -0.2) is 76.6 Å². The van der Waals surface area contributed by atoms with E-state index >= 15 is 0 Å². The van der Waals surface area contributed by atoms with Crippen LogP contribution in [0.3, 0.4) is 0 Å². The molecule has 1 N–H and O–H groups in total. The number of hydrogen-bond acceptors (Lipinski definition) is 6. The number of hydrogen-bond donors (Lipinski definition) is 1. The molecule has 0 spiro atoms. The molecule has 1 unspecified atom stereocenters. The third-order valence-corrected chi connectivity index (χ3v) is 12.6. The van der Waals surface area contributed by atoms with Crippen molar-refractivity contribution in [1.82, 2.24) is 0 Å². The predicted octanol–water partition coefficient (Wildman–Crippen LogP) is 3.19. The van der Waals surface area contributed by atoms with Crippen molar-refractivity contribution in [3.63, 3.8) is 0 Å². The lowest BCUT2D eigenvalue weighted by Gasteiger charge is -2.38. The summed E-state index contributed by atoms with van der Waals surface area (Å²) in [6, 6.07) is 0.919. The first-order valence-corrected chi connectivity index (χ1v) is 18.4. The first kappa shape index (κ1) is 25.4. The van der Waals surface area contributed by atoms with Crippen molar-refractivity contribution in [1.29, 1.82) is 0 Å². The smallest absolute Gasteiger partial charge is 0.314 e. The van der Waals surface area contributed by atoms with Gasteiger partial charge in [-0.25, -0.2) is 0 Å². The maximum Gasteiger partial charge on any atom is 0.314 e. The van der Waals surface area contributed by atoms with E-state index in [9.17, 15) is 5.11 Å². The van der Waals surface area contributed by atoms with Crippen LogP contribution in [-0.2, 0) is 22.4 Å². The fourth-order valence-corrected chi connectivity index (χ4v) is 15.1. The summed E-state index contributed by atoms with van der Waals surface area (Å²) >= 11 is 0. The lowest BCUT2D eigenvalue weighted by atomic mass is 10.4. The minimum atomic E-state index is -2.19. The second kappa shape index (κ2) is 12.0. The highest BCUT2D eigenvalue weighted by molar-refractivity contribution is 6.87. The van der Waals surface area contributed by atoms with Crippen LogP contribution in [0.5, 0.6) is 0 Å². The van der Waals surface area contributed by atoms with Crippen molar-refractivity contribution >= 4 is 25.2 Å². The Hall–Kier alpha value is 0.411. The van der Waals surface area contributed by atoms with Crippen molar-refractivity contribution in [3.05, 3.63) is 0 Å². The molecule has 25 heavy (non-hydrogen) atoms. The topological polar surface area (TPSA) is 66.4 Å². The molecule has 0 aromatic carbocycles. The van der Waals surface area contributed by atoms with Gasteiger partial charge >= 0.3 is 8.56 Å². The summed E-state index contributed by atoms with van der Waals surface area (Å²) in [6.45, 7) is 17.6. The lowest BCUT2D eigenvalue weighted by Crippen LogP contribution is -2.52. The molecule has 0 saturated heterocycles. The third kappa shape index (κ3) is 16.3. The Labute approximate surface area is 157 Å². The van der Waals surface area contributed by atoms with Gasteiger partial charge < -0.3 is 27.5 Å². The van der Waals surface area contributed by atoms with E-state index in [1.165, 1.54) is 0 Å². The fraction of sp³-hybridized carbons (Fsp3) is 1.00. The highest BCUT2D eigenvalue weighted by Gasteiger charge is 2.39. The molecule has 0 rings (SSSR count). The third-order valence-electron chi connectivity index (χ3n) is 3.02. The SMILES string of the molecule is COCCOCC(O)COCCC[Si](C)(O[Si](C)(C)C)O[Si](C)(C)C.